The molecule has 1 aromatic rings. The first-order chi connectivity index (χ1) is 4.97. The van der Waals surface area contributed by atoms with Crippen LogP contribution in [0.1, 0.15) is 12.0 Å². The molecule has 0 radical (unpaired) electrons. The van der Waals surface area contributed by atoms with Gasteiger partial charge in [-0.15, -0.1) is 0 Å². The summed E-state index contributed by atoms with van der Waals surface area (Å²) in [5.74, 6) is 0. The van der Waals surface area contributed by atoms with E-state index in [-0.39, 0.29) is 12.4 Å². The largest absolute Gasteiger partial charge is 1.00 e. The van der Waals surface area contributed by atoms with E-state index in [0.29, 0.717) is 0 Å². The monoisotopic (exact) mass is 169 g/mol. The molecule has 0 aromatic heterocycles. The summed E-state index contributed by atoms with van der Waals surface area (Å²) in [7, 11) is 0. The Kier molecular flexibility index (Phi) is 2.92. The Hall–Kier alpha value is -0.530. The van der Waals surface area contributed by atoms with Crippen molar-refractivity contribution < 1.29 is 17.7 Å². The summed E-state index contributed by atoms with van der Waals surface area (Å²) in [6.45, 7) is 1.26. The second-order valence-electron chi connectivity index (χ2n) is 2.80. The number of halogens is 1. The fourth-order valence-electron chi connectivity index (χ4n) is 1.51. The highest BCUT2D eigenvalue weighted by atomic mass is 35.5. The third kappa shape index (κ3) is 1.73. The van der Waals surface area contributed by atoms with Crippen molar-refractivity contribution in [3.05, 3.63) is 29.8 Å². The first-order valence-electron chi connectivity index (χ1n) is 3.88. The summed E-state index contributed by atoms with van der Waals surface area (Å²) < 4.78 is 0. The molecular formula is C9H12ClN. The Morgan fingerprint density at radius 3 is 2.82 bits per heavy atom. The summed E-state index contributed by atoms with van der Waals surface area (Å²) in [4.78, 5) is 0. The van der Waals surface area contributed by atoms with Crippen LogP contribution in [0.2, 0.25) is 0 Å². The summed E-state index contributed by atoms with van der Waals surface area (Å²) in [6, 6.07) is 8.66. The number of nitrogens with two attached hydrogens (primary N) is 1. The third-order valence-electron chi connectivity index (χ3n) is 2.07. The predicted molar refractivity (Wildman–Crippen MR) is 41.2 cm³/mol. The van der Waals surface area contributed by atoms with Crippen molar-refractivity contribution in [2.24, 2.45) is 0 Å². The Balaban J connectivity index is 0.000000605. The molecule has 0 aliphatic carbocycles. The van der Waals surface area contributed by atoms with Crippen molar-refractivity contribution in [3.8, 4) is 0 Å². The Bertz CT molecular complexity index is 210. The first kappa shape index (κ1) is 8.57. The molecule has 1 aliphatic heterocycles. The van der Waals surface area contributed by atoms with Crippen molar-refractivity contribution in [3.63, 3.8) is 0 Å². The van der Waals surface area contributed by atoms with Gasteiger partial charge in [0, 0.05) is 12.0 Å². The summed E-state index contributed by atoms with van der Waals surface area (Å²) in [5, 5.41) is 2.33. The SMILES string of the molecule is [Cl-].c1ccc2c(c1)CCC[NH2+]2. The quantitative estimate of drug-likeness (QED) is 0.426. The molecule has 1 nitrogen and oxygen atoms in total. The van der Waals surface area contributed by atoms with Crippen LogP contribution in [0.5, 0.6) is 0 Å². The van der Waals surface area contributed by atoms with Gasteiger partial charge in [0.25, 0.3) is 0 Å². The molecular weight excluding hydrogens is 158 g/mol. The van der Waals surface area contributed by atoms with Gasteiger partial charge in [-0.05, 0) is 12.5 Å². The van der Waals surface area contributed by atoms with Crippen LogP contribution >= 0.6 is 0 Å². The van der Waals surface area contributed by atoms with E-state index < -0.39 is 0 Å². The minimum Gasteiger partial charge on any atom is -1.00 e. The predicted octanol–water partition coefficient (Wildman–Crippen LogP) is -2.17. The van der Waals surface area contributed by atoms with Gasteiger partial charge in [0.2, 0.25) is 0 Å². The van der Waals surface area contributed by atoms with Crippen molar-refractivity contribution in [1.29, 1.82) is 0 Å². The topological polar surface area (TPSA) is 16.6 Å². The molecule has 0 atom stereocenters. The van der Waals surface area contributed by atoms with E-state index in [2.05, 4.69) is 29.6 Å². The molecule has 11 heavy (non-hydrogen) atoms. The van der Waals surface area contributed by atoms with Crippen LogP contribution in [-0.2, 0) is 6.42 Å². The molecule has 2 rings (SSSR count). The number of fused-ring (bicyclic) bond motifs is 1. The van der Waals surface area contributed by atoms with Gasteiger partial charge in [-0.3, -0.25) is 0 Å². The zero-order chi connectivity index (χ0) is 6.81. The van der Waals surface area contributed by atoms with E-state index in [1.807, 2.05) is 0 Å². The van der Waals surface area contributed by atoms with E-state index in [9.17, 15) is 0 Å². The van der Waals surface area contributed by atoms with Gasteiger partial charge < -0.3 is 17.7 Å². The van der Waals surface area contributed by atoms with E-state index in [4.69, 9.17) is 0 Å². The van der Waals surface area contributed by atoms with E-state index in [0.717, 1.165) is 0 Å². The van der Waals surface area contributed by atoms with Gasteiger partial charge in [-0.1, -0.05) is 18.2 Å². The zero-order valence-corrected chi connectivity index (χ0v) is 7.14. The maximum absolute atomic E-state index is 2.33. The van der Waals surface area contributed by atoms with Gasteiger partial charge in [-0.25, -0.2) is 0 Å². The maximum atomic E-state index is 2.33. The molecule has 2 N–H and O–H groups in total. The molecule has 0 saturated carbocycles. The lowest BCUT2D eigenvalue weighted by Crippen LogP contribution is -3.00. The number of benzene rings is 1. The van der Waals surface area contributed by atoms with Crippen LogP contribution < -0.4 is 17.7 Å². The van der Waals surface area contributed by atoms with Crippen LogP contribution in [0, 0.1) is 0 Å². The summed E-state index contributed by atoms with van der Waals surface area (Å²) in [6.07, 6.45) is 2.60. The van der Waals surface area contributed by atoms with Crippen LogP contribution in [0.4, 0.5) is 5.69 Å². The van der Waals surface area contributed by atoms with Crippen molar-refractivity contribution in [2.45, 2.75) is 12.8 Å². The molecule has 0 amide bonds. The van der Waals surface area contributed by atoms with Gasteiger partial charge in [-0.2, -0.15) is 0 Å². The molecule has 0 bridgehead atoms. The lowest BCUT2D eigenvalue weighted by Gasteiger charge is -2.11. The average Bonchev–Trinajstić information content (AvgIpc) is 2.05. The van der Waals surface area contributed by atoms with Crippen LogP contribution in [0.15, 0.2) is 24.3 Å². The minimum absolute atomic E-state index is 0. The Labute approximate surface area is 73.2 Å². The van der Waals surface area contributed by atoms with Crippen molar-refractivity contribution >= 4 is 5.69 Å². The standard InChI is InChI=1S/C9H11N.ClH/c1-2-6-9-8(4-1)5-3-7-10-9;/h1-2,4,6,10H,3,5,7H2;1H. The summed E-state index contributed by atoms with van der Waals surface area (Å²) >= 11 is 0. The molecule has 1 aliphatic rings. The Morgan fingerprint density at radius 1 is 1.18 bits per heavy atom. The number of hydrogen-bond acceptors (Lipinski definition) is 0. The molecule has 60 valence electrons. The number of quaternary nitrogens is 1. The smallest absolute Gasteiger partial charge is 0.132 e. The second-order valence-corrected chi connectivity index (χ2v) is 2.80. The number of aryl methyl sites for hydroxylation is 1. The molecule has 2 heteroatoms. The maximum Gasteiger partial charge on any atom is 0.132 e. The zero-order valence-electron chi connectivity index (χ0n) is 6.39. The van der Waals surface area contributed by atoms with Crippen molar-refractivity contribution in [1.82, 2.24) is 0 Å². The number of hydrogen-bond donors (Lipinski definition) is 1. The molecule has 0 fully saturated rings. The average molecular weight is 170 g/mol. The fourth-order valence-corrected chi connectivity index (χ4v) is 1.51. The number of rotatable bonds is 0. The Morgan fingerprint density at radius 2 is 2.00 bits per heavy atom. The van der Waals surface area contributed by atoms with Gasteiger partial charge in [0.1, 0.15) is 5.69 Å². The first-order valence-corrected chi connectivity index (χ1v) is 3.88. The molecule has 0 spiro atoms. The highest BCUT2D eigenvalue weighted by molar-refractivity contribution is 5.39. The third-order valence-corrected chi connectivity index (χ3v) is 2.07. The van der Waals surface area contributed by atoms with Gasteiger partial charge in [0.15, 0.2) is 0 Å². The highest BCUT2D eigenvalue weighted by Crippen LogP contribution is 2.13. The van der Waals surface area contributed by atoms with E-state index in [1.165, 1.54) is 30.6 Å². The van der Waals surface area contributed by atoms with Crippen molar-refractivity contribution in [2.75, 3.05) is 6.54 Å². The lowest BCUT2D eigenvalue weighted by molar-refractivity contribution is -0.575. The second kappa shape index (κ2) is 3.74. The van der Waals surface area contributed by atoms with Crippen LogP contribution in [0.25, 0.3) is 0 Å². The van der Waals surface area contributed by atoms with Crippen LogP contribution in [-0.4, -0.2) is 6.54 Å². The lowest BCUT2D eigenvalue weighted by atomic mass is 10.0. The molecule has 1 heterocycles. The van der Waals surface area contributed by atoms with E-state index >= 15 is 0 Å². The summed E-state index contributed by atoms with van der Waals surface area (Å²) in [5.41, 5.74) is 2.97. The molecule has 1 aromatic carbocycles. The molecule has 0 unspecified atom stereocenters. The van der Waals surface area contributed by atoms with Gasteiger partial charge >= 0.3 is 0 Å². The molecule has 0 saturated heterocycles. The van der Waals surface area contributed by atoms with Crippen LogP contribution in [0.3, 0.4) is 0 Å². The van der Waals surface area contributed by atoms with Gasteiger partial charge in [0.05, 0.1) is 6.54 Å². The highest BCUT2D eigenvalue weighted by Gasteiger charge is 2.09. The number of para-hydroxylation sites is 1. The van der Waals surface area contributed by atoms with E-state index in [1.54, 1.807) is 0 Å². The fraction of sp³-hybridized carbons (Fsp3) is 0.333. The minimum atomic E-state index is 0. The normalized spacial score (nSPS) is 14.9.